The first-order valence-electron chi connectivity index (χ1n) is 6.08. The largest absolute Gasteiger partial charge is 0.496 e. The SMILES string of the molecule is CNC(c1cncc(Br)c1)c1ccc(OC)c(C)c1. The van der Waals surface area contributed by atoms with Crippen LogP contribution in [-0.4, -0.2) is 19.1 Å². The number of halogens is 1. The summed E-state index contributed by atoms with van der Waals surface area (Å²) >= 11 is 3.46. The van der Waals surface area contributed by atoms with Crippen molar-refractivity contribution in [3.05, 3.63) is 57.8 Å². The number of hydrogen-bond donors (Lipinski definition) is 1. The molecule has 0 fully saturated rings. The van der Waals surface area contributed by atoms with Gasteiger partial charge in [0.25, 0.3) is 0 Å². The highest BCUT2D eigenvalue weighted by Gasteiger charge is 2.13. The second-order valence-electron chi connectivity index (χ2n) is 4.39. The summed E-state index contributed by atoms with van der Waals surface area (Å²) in [6, 6.07) is 8.41. The molecule has 1 aromatic heterocycles. The molecule has 19 heavy (non-hydrogen) atoms. The Bertz CT molecular complexity index is 572. The molecule has 1 aromatic carbocycles. The van der Waals surface area contributed by atoms with Gasteiger partial charge in [-0.05, 0) is 58.7 Å². The third-order valence-corrected chi connectivity index (χ3v) is 3.53. The number of nitrogens with one attached hydrogen (secondary N) is 1. The molecule has 1 N–H and O–H groups in total. The van der Waals surface area contributed by atoms with Crippen molar-refractivity contribution in [1.29, 1.82) is 0 Å². The predicted molar refractivity (Wildman–Crippen MR) is 80.6 cm³/mol. The van der Waals surface area contributed by atoms with Gasteiger partial charge >= 0.3 is 0 Å². The van der Waals surface area contributed by atoms with Gasteiger partial charge in [-0.3, -0.25) is 4.98 Å². The van der Waals surface area contributed by atoms with Crippen LogP contribution in [0.3, 0.4) is 0 Å². The average molecular weight is 321 g/mol. The summed E-state index contributed by atoms with van der Waals surface area (Å²) in [6.07, 6.45) is 3.67. The van der Waals surface area contributed by atoms with Crippen molar-refractivity contribution in [3.63, 3.8) is 0 Å². The maximum absolute atomic E-state index is 5.30. The number of hydrogen-bond acceptors (Lipinski definition) is 3. The van der Waals surface area contributed by atoms with E-state index in [0.717, 1.165) is 21.3 Å². The van der Waals surface area contributed by atoms with E-state index in [-0.39, 0.29) is 6.04 Å². The Morgan fingerprint density at radius 2 is 2.00 bits per heavy atom. The maximum Gasteiger partial charge on any atom is 0.121 e. The molecule has 0 amide bonds. The van der Waals surface area contributed by atoms with Crippen molar-refractivity contribution in [3.8, 4) is 5.75 Å². The summed E-state index contributed by atoms with van der Waals surface area (Å²) in [5.41, 5.74) is 3.45. The Morgan fingerprint density at radius 1 is 1.21 bits per heavy atom. The summed E-state index contributed by atoms with van der Waals surface area (Å²) < 4.78 is 6.28. The van der Waals surface area contributed by atoms with Crippen molar-refractivity contribution in [2.75, 3.05) is 14.2 Å². The topological polar surface area (TPSA) is 34.2 Å². The lowest BCUT2D eigenvalue weighted by atomic mass is 9.98. The molecule has 0 radical (unpaired) electrons. The van der Waals surface area contributed by atoms with Crippen LogP contribution >= 0.6 is 15.9 Å². The van der Waals surface area contributed by atoms with Gasteiger partial charge in [-0.2, -0.15) is 0 Å². The zero-order valence-corrected chi connectivity index (χ0v) is 12.9. The number of aryl methyl sites for hydroxylation is 1. The summed E-state index contributed by atoms with van der Waals surface area (Å²) in [7, 11) is 3.64. The summed E-state index contributed by atoms with van der Waals surface area (Å²) in [5.74, 6) is 0.908. The molecule has 4 heteroatoms. The van der Waals surface area contributed by atoms with Gasteiger partial charge in [0.1, 0.15) is 5.75 Å². The normalized spacial score (nSPS) is 12.2. The van der Waals surface area contributed by atoms with E-state index in [1.807, 2.05) is 26.2 Å². The van der Waals surface area contributed by atoms with Crippen LogP contribution in [0, 0.1) is 6.92 Å². The standard InChI is InChI=1S/C15H17BrN2O/c1-10-6-11(4-5-14(10)19-3)15(17-2)12-7-13(16)9-18-8-12/h4-9,15,17H,1-3H3. The molecule has 0 aliphatic rings. The van der Waals surface area contributed by atoms with Crippen LogP contribution in [0.15, 0.2) is 41.1 Å². The first-order chi connectivity index (χ1) is 9.15. The minimum atomic E-state index is 0.120. The summed E-state index contributed by atoms with van der Waals surface area (Å²) in [4.78, 5) is 4.22. The van der Waals surface area contributed by atoms with E-state index in [0.29, 0.717) is 0 Å². The quantitative estimate of drug-likeness (QED) is 0.936. The predicted octanol–water partition coefficient (Wildman–Crippen LogP) is 3.47. The lowest BCUT2D eigenvalue weighted by Crippen LogP contribution is -2.18. The smallest absolute Gasteiger partial charge is 0.121 e. The Morgan fingerprint density at radius 3 is 2.58 bits per heavy atom. The molecule has 0 saturated carbocycles. The van der Waals surface area contributed by atoms with E-state index in [2.05, 4.69) is 44.4 Å². The number of ether oxygens (including phenoxy) is 1. The molecule has 0 saturated heterocycles. The van der Waals surface area contributed by atoms with Gasteiger partial charge in [-0.25, -0.2) is 0 Å². The Balaban J connectivity index is 2.39. The molecule has 2 rings (SSSR count). The molecule has 1 unspecified atom stereocenters. The highest BCUT2D eigenvalue weighted by atomic mass is 79.9. The van der Waals surface area contributed by atoms with Gasteiger partial charge < -0.3 is 10.1 Å². The van der Waals surface area contributed by atoms with Crippen molar-refractivity contribution in [2.45, 2.75) is 13.0 Å². The van der Waals surface area contributed by atoms with E-state index in [1.54, 1.807) is 13.3 Å². The van der Waals surface area contributed by atoms with Crippen LogP contribution in [0.5, 0.6) is 5.75 Å². The molecule has 0 bridgehead atoms. The van der Waals surface area contributed by atoms with Gasteiger partial charge in [-0.15, -0.1) is 0 Å². The minimum absolute atomic E-state index is 0.120. The van der Waals surface area contributed by atoms with Crippen LogP contribution in [0.4, 0.5) is 0 Å². The van der Waals surface area contributed by atoms with Crippen LogP contribution < -0.4 is 10.1 Å². The molecule has 0 spiro atoms. The van der Waals surface area contributed by atoms with E-state index in [1.165, 1.54) is 5.56 Å². The maximum atomic E-state index is 5.30. The second kappa shape index (κ2) is 6.17. The van der Waals surface area contributed by atoms with Crippen molar-refractivity contribution < 1.29 is 4.74 Å². The molecule has 0 aliphatic heterocycles. The van der Waals surface area contributed by atoms with Crippen molar-refractivity contribution in [2.24, 2.45) is 0 Å². The lowest BCUT2D eigenvalue weighted by molar-refractivity contribution is 0.411. The fraction of sp³-hybridized carbons (Fsp3) is 0.267. The van der Waals surface area contributed by atoms with Crippen LogP contribution in [0.25, 0.3) is 0 Å². The van der Waals surface area contributed by atoms with Crippen LogP contribution in [-0.2, 0) is 0 Å². The number of aromatic nitrogens is 1. The molecule has 3 nitrogen and oxygen atoms in total. The highest BCUT2D eigenvalue weighted by Crippen LogP contribution is 2.27. The molecule has 100 valence electrons. The zero-order valence-electron chi connectivity index (χ0n) is 11.3. The Labute approximate surface area is 122 Å². The Kier molecular flexibility index (Phi) is 4.56. The molecular weight excluding hydrogens is 304 g/mol. The third kappa shape index (κ3) is 3.14. The van der Waals surface area contributed by atoms with Crippen molar-refractivity contribution >= 4 is 15.9 Å². The number of benzene rings is 1. The van der Waals surface area contributed by atoms with Gasteiger partial charge in [0.15, 0.2) is 0 Å². The molecular formula is C15H17BrN2O. The van der Waals surface area contributed by atoms with Crippen LogP contribution in [0.2, 0.25) is 0 Å². The monoisotopic (exact) mass is 320 g/mol. The number of rotatable bonds is 4. The van der Waals surface area contributed by atoms with Crippen LogP contribution in [0.1, 0.15) is 22.7 Å². The fourth-order valence-corrected chi connectivity index (χ4v) is 2.58. The second-order valence-corrected chi connectivity index (χ2v) is 5.30. The third-order valence-electron chi connectivity index (χ3n) is 3.10. The first-order valence-corrected chi connectivity index (χ1v) is 6.87. The van der Waals surface area contributed by atoms with Gasteiger partial charge in [0.2, 0.25) is 0 Å². The van der Waals surface area contributed by atoms with Crippen molar-refractivity contribution in [1.82, 2.24) is 10.3 Å². The highest BCUT2D eigenvalue weighted by molar-refractivity contribution is 9.10. The van der Waals surface area contributed by atoms with E-state index in [4.69, 9.17) is 4.74 Å². The first kappa shape index (κ1) is 14.0. The molecule has 1 heterocycles. The summed E-state index contributed by atoms with van der Waals surface area (Å²) in [5, 5.41) is 3.32. The van der Waals surface area contributed by atoms with Gasteiger partial charge in [-0.1, -0.05) is 12.1 Å². The number of methoxy groups -OCH3 is 1. The van der Waals surface area contributed by atoms with E-state index in [9.17, 15) is 0 Å². The molecule has 1 atom stereocenters. The number of pyridine rings is 1. The van der Waals surface area contributed by atoms with Gasteiger partial charge in [0.05, 0.1) is 13.2 Å². The van der Waals surface area contributed by atoms with Gasteiger partial charge in [0, 0.05) is 16.9 Å². The Hall–Kier alpha value is -1.39. The number of nitrogens with zero attached hydrogens (tertiary/aromatic N) is 1. The molecule has 2 aromatic rings. The van der Waals surface area contributed by atoms with E-state index < -0.39 is 0 Å². The molecule has 0 aliphatic carbocycles. The fourth-order valence-electron chi connectivity index (χ4n) is 2.19. The average Bonchev–Trinajstić information content (AvgIpc) is 2.40. The zero-order chi connectivity index (χ0) is 13.8. The lowest BCUT2D eigenvalue weighted by Gasteiger charge is -2.18. The van der Waals surface area contributed by atoms with E-state index >= 15 is 0 Å². The summed E-state index contributed by atoms with van der Waals surface area (Å²) in [6.45, 7) is 2.05. The minimum Gasteiger partial charge on any atom is -0.496 e.